The number of nitrogens with one attached hydrogen (secondary N) is 1. The van der Waals surface area contributed by atoms with E-state index >= 15 is 0 Å². The fraction of sp³-hybridized carbons (Fsp3) is 0.357. The van der Waals surface area contributed by atoms with Crippen LogP contribution in [0.2, 0.25) is 0 Å². The van der Waals surface area contributed by atoms with Gasteiger partial charge in [0.15, 0.2) is 0 Å². The molecule has 4 heteroatoms. The number of hydrogen-bond donors (Lipinski definition) is 2. The molecule has 0 saturated carbocycles. The molecule has 96 valence electrons. The highest BCUT2D eigenvalue weighted by molar-refractivity contribution is 7.99. The fourth-order valence-corrected chi connectivity index (χ4v) is 2.56. The summed E-state index contributed by atoms with van der Waals surface area (Å²) in [4.78, 5) is 4.34. The zero-order valence-electron chi connectivity index (χ0n) is 10.3. The quantitative estimate of drug-likeness (QED) is 0.753. The Hall–Kier alpha value is -1.26. The zero-order chi connectivity index (χ0) is 12.6. The number of fused-ring (bicyclic) bond motifs is 1. The third kappa shape index (κ3) is 3.62. The monoisotopic (exact) mass is 262 g/mol. The van der Waals surface area contributed by atoms with Gasteiger partial charge in [-0.3, -0.25) is 4.98 Å². The molecule has 0 fully saturated rings. The highest BCUT2D eigenvalue weighted by Crippen LogP contribution is 2.20. The molecule has 2 aromatic rings. The van der Waals surface area contributed by atoms with Crippen molar-refractivity contribution in [2.24, 2.45) is 0 Å². The Morgan fingerprint density at radius 2 is 2.06 bits per heavy atom. The molecule has 0 aliphatic carbocycles. The van der Waals surface area contributed by atoms with Crippen molar-refractivity contribution in [2.75, 3.05) is 30.0 Å². The van der Waals surface area contributed by atoms with Crippen molar-refractivity contribution in [3.63, 3.8) is 0 Å². The average molecular weight is 262 g/mol. The lowest BCUT2D eigenvalue weighted by atomic mass is 10.2. The van der Waals surface area contributed by atoms with Crippen molar-refractivity contribution < 1.29 is 5.11 Å². The first kappa shape index (κ1) is 13.2. The van der Waals surface area contributed by atoms with Crippen LogP contribution in [0.5, 0.6) is 0 Å². The summed E-state index contributed by atoms with van der Waals surface area (Å²) in [5.41, 5.74) is 2.17. The summed E-state index contributed by atoms with van der Waals surface area (Å²) in [5.74, 6) is 2.08. The first-order valence-corrected chi connectivity index (χ1v) is 7.33. The molecule has 0 spiro atoms. The van der Waals surface area contributed by atoms with Gasteiger partial charge in [0.25, 0.3) is 0 Å². The van der Waals surface area contributed by atoms with Crippen molar-refractivity contribution in [3.8, 4) is 0 Å². The highest BCUT2D eigenvalue weighted by atomic mass is 32.2. The van der Waals surface area contributed by atoms with E-state index in [1.54, 1.807) is 0 Å². The van der Waals surface area contributed by atoms with Crippen LogP contribution in [0.25, 0.3) is 10.9 Å². The van der Waals surface area contributed by atoms with Crippen molar-refractivity contribution in [3.05, 3.63) is 36.5 Å². The molecule has 0 unspecified atom stereocenters. The number of pyridine rings is 1. The number of para-hydroxylation sites is 1. The smallest absolute Gasteiger partial charge is 0.0722 e. The van der Waals surface area contributed by atoms with Crippen LogP contribution in [-0.2, 0) is 0 Å². The SMILES string of the molecule is OCCCSCCNc1ccnc2ccccc12. The molecule has 0 aliphatic rings. The van der Waals surface area contributed by atoms with Gasteiger partial charge in [0.05, 0.1) is 5.52 Å². The largest absolute Gasteiger partial charge is 0.396 e. The minimum atomic E-state index is 0.287. The summed E-state index contributed by atoms with van der Waals surface area (Å²) in [7, 11) is 0. The summed E-state index contributed by atoms with van der Waals surface area (Å²) in [6.45, 7) is 1.22. The molecule has 0 saturated heterocycles. The highest BCUT2D eigenvalue weighted by Gasteiger charge is 1.99. The van der Waals surface area contributed by atoms with Crippen LogP contribution in [0.1, 0.15) is 6.42 Å². The topological polar surface area (TPSA) is 45.1 Å². The molecule has 3 nitrogen and oxygen atoms in total. The van der Waals surface area contributed by atoms with E-state index in [-0.39, 0.29) is 6.61 Å². The zero-order valence-corrected chi connectivity index (χ0v) is 11.1. The van der Waals surface area contributed by atoms with E-state index in [1.807, 2.05) is 42.2 Å². The number of hydrogen-bond acceptors (Lipinski definition) is 4. The van der Waals surface area contributed by atoms with Crippen LogP contribution in [0.3, 0.4) is 0 Å². The number of aliphatic hydroxyl groups excluding tert-OH is 1. The predicted octanol–water partition coefficient (Wildman–Crippen LogP) is 2.76. The van der Waals surface area contributed by atoms with Crippen LogP contribution in [0, 0.1) is 0 Å². The molecule has 2 rings (SSSR count). The lowest BCUT2D eigenvalue weighted by Gasteiger charge is -2.08. The summed E-state index contributed by atoms with van der Waals surface area (Å²) in [5, 5.41) is 13.3. The molecule has 0 amide bonds. The number of rotatable bonds is 7. The van der Waals surface area contributed by atoms with Gasteiger partial charge in [-0.05, 0) is 24.3 Å². The van der Waals surface area contributed by atoms with Crippen LogP contribution < -0.4 is 5.32 Å². The number of thioether (sulfide) groups is 1. The molecular formula is C14H18N2OS. The summed E-state index contributed by atoms with van der Waals surface area (Å²) in [6, 6.07) is 10.2. The van der Waals surface area contributed by atoms with E-state index in [1.165, 1.54) is 5.39 Å². The summed E-state index contributed by atoms with van der Waals surface area (Å²) >= 11 is 1.86. The van der Waals surface area contributed by atoms with Gasteiger partial charge in [-0.25, -0.2) is 0 Å². The van der Waals surface area contributed by atoms with E-state index in [4.69, 9.17) is 5.11 Å². The second kappa shape index (κ2) is 7.24. The first-order valence-electron chi connectivity index (χ1n) is 6.18. The van der Waals surface area contributed by atoms with Crippen molar-refractivity contribution in [1.29, 1.82) is 0 Å². The van der Waals surface area contributed by atoms with E-state index in [9.17, 15) is 0 Å². The summed E-state index contributed by atoms with van der Waals surface area (Å²) in [6.07, 6.45) is 2.71. The Kier molecular flexibility index (Phi) is 5.30. The Labute approximate surface area is 112 Å². The minimum absolute atomic E-state index is 0.287. The fourth-order valence-electron chi connectivity index (χ4n) is 1.78. The Balaban J connectivity index is 1.88. The summed E-state index contributed by atoms with van der Waals surface area (Å²) < 4.78 is 0. The molecular weight excluding hydrogens is 244 g/mol. The van der Waals surface area contributed by atoms with Crippen LogP contribution in [0.15, 0.2) is 36.5 Å². The molecule has 2 N–H and O–H groups in total. The molecule has 0 aliphatic heterocycles. The van der Waals surface area contributed by atoms with Crippen molar-refractivity contribution in [2.45, 2.75) is 6.42 Å². The second-order valence-corrected chi connectivity index (χ2v) is 5.22. The van der Waals surface area contributed by atoms with E-state index in [0.717, 1.165) is 35.7 Å². The van der Waals surface area contributed by atoms with Gasteiger partial charge < -0.3 is 10.4 Å². The minimum Gasteiger partial charge on any atom is -0.396 e. The number of aliphatic hydroxyl groups is 1. The maximum atomic E-state index is 8.68. The number of anilines is 1. The second-order valence-electron chi connectivity index (χ2n) is 3.99. The Morgan fingerprint density at radius 1 is 1.17 bits per heavy atom. The van der Waals surface area contributed by atoms with Gasteiger partial charge in [0, 0.05) is 36.2 Å². The first-order chi connectivity index (χ1) is 8.92. The normalized spacial score (nSPS) is 10.7. The molecule has 1 aromatic carbocycles. The molecule has 0 atom stereocenters. The lowest BCUT2D eigenvalue weighted by molar-refractivity contribution is 0.296. The third-order valence-electron chi connectivity index (χ3n) is 2.66. The van der Waals surface area contributed by atoms with Gasteiger partial charge in [-0.2, -0.15) is 11.8 Å². The van der Waals surface area contributed by atoms with Crippen LogP contribution >= 0.6 is 11.8 Å². The maximum Gasteiger partial charge on any atom is 0.0722 e. The van der Waals surface area contributed by atoms with Gasteiger partial charge in [-0.15, -0.1) is 0 Å². The van der Waals surface area contributed by atoms with Gasteiger partial charge in [-0.1, -0.05) is 18.2 Å². The number of aromatic nitrogens is 1. The molecule has 18 heavy (non-hydrogen) atoms. The van der Waals surface area contributed by atoms with Crippen molar-refractivity contribution >= 4 is 28.4 Å². The predicted molar refractivity (Wildman–Crippen MR) is 79.3 cm³/mol. The molecule has 1 heterocycles. The number of benzene rings is 1. The third-order valence-corrected chi connectivity index (χ3v) is 3.73. The number of nitrogens with zero attached hydrogens (tertiary/aromatic N) is 1. The Morgan fingerprint density at radius 3 is 2.94 bits per heavy atom. The maximum absolute atomic E-state index is 8.68. The van der Waals surface area contributed by atoms with Crippen LogP contribution in [-0.4, -0.2) is 34.7 Å². The van der Waals surface area contributed by atoms with Gasteiger partial charge >= 0.3 is 0 Å². The Bertz CT molecular complexity index is 485. The van der Waals surface area contributed by atoms with Gasteiger partial charge in [0.1, 0.15) is 0 Å². The van der Waals surface area contributed by atoms with Crippen LogP contribution in [0.4, 0.5) is 5.69 Å². The van der Waals surface area contributed by atoms with Gasteiger partial charge in [0.2, 0.25) is 0 Å². The standard InChI is InChI=1S/C14H18N2OS/c17-9-3-10-18-11-8-16-14-6-7-15-13-5-2-1-4-12(13)14/h1-2,4-7,17H,3,8-11H2,(H,15,16). The van der Waals surface area contributed by atoms with Crippen molar-refractivity contribution in [1.82, 2.24) is 4.98 Å². The molecule has 1 aromatic heterocycles. The van der Waals surface area contributed by atoms with E-state index in [0.29, 0.717) is 0 Å². The van der Waals surface area contributed by atoms with E-state index < -0.39 is 0 Å². The van der Waals surface area contributed by atoms with E-state index in [2.05, 4.69) is 16.4 Å². The average Bonchev–Trinajstić information content (AvgIpc) is 2.43. The molecule has 0 bridgehead atoms. The lowest BCUT2D eigenvalue weighted by Crippen LogP contribution is -2.05. The molecule has 0 radical (unpaired) electrons.